The maximum atomic E-state index is 13.5. The second kappa shape index (κ2) is 6.12. The number of methoxy groups -OCH3 is 1. The maximum absolute atomic E-state index is 13.5. The van der Waals surface area contributed by atoms with Crippen molar-refractivity contribution in [3.63, 3.8) is 0 Å². The van der Waals surface area contributed by atoms with E-state index in [2.05, 4.69) is 15.9 Å². The third-order valence-electron chi connectivity index (χ3n) is 2.43. The third-order valence-corrected chi connectivity index (χ3v) is 4.02. The van der Waals surface area contributed by atoms with Crippen LogP contribution in [0.1, 0.15) is 15.2 Å². The molecule has 0 saturated carbocycles. The fourth-order valence-electron chi connectivity index (χ4n) is 1.49. The zero-order valence-electron chi connectivity index (χ0n) is 10.0. The van der Waals surface area contributed by atoms with E-state index in [9.17, 15) is 9.18 Å². The lowest BCUT2D eigenvalue weighted by Crippen LogP contribution is -1.96. The molecule has 0 bridgehead atoms. The first-order chi connectivity index (χ1) is 9.10. The molecule has 2 rings (SSSR count). The molecule has 0 fully saturated rings. The van der Waals surface area contributed by atoms with E-state index < -0.39 is 5.82 Å². The lowest BCUT2D eigenvalue weighted by atomic mass is 10.1. The van der Waals surface area contributed by atoms with Gasteiger partial charge in [-0.3, -0.25) is 4.79 Å². The summed E-state index contributed by atoms with van der Waals surface area (Å²) in [6, 6.07) is 7.96. The van der Waals surface area contributed by atoms with E-state index in [1.807, 2.05) is 12.1 Å². The second-order valence-corrected chi connectivity index (χ2v) is 6.18. The minimum atomic E-state index is -0.541. The SMILES string of the molecule is COc1ccc(C(=O)/C=C/c2ccc(Br)s2)cc1F. The number of thiophene rings is 1. The van der Waals surface area contributed by atoms with Gasteiger partial charge < -0.3 is 4.74 Å². The number of halogens is 2. The van der Waals surface area contributed by atoms with Gasteiger partial charge in [-0.2, -0.15) is 0 Å². The Bertz CT molecular complexity index is 634. The van der Waals surface area contributed by atoms with Crippen LogP contribution < -0.4 is 4.74 Å². The van der Waals surface area contributed by atoms with Crippen LogP contribution in [0.2, 0.25) is 0 Å². The van der Waals surface area contributed by atoms with Crippen molar-refractivity contribution in [3.8, 4) is 5.75 Å². The molecule has 1 aromatic heterocycles. The molecule has 0 unspecified atom stereocenters. The third kappa shape index (κ3) is 3.52. The fraction of sp³-hybridized carbons (Fsp3) is 0.0714. The Balaban J connectivity index is 2.16. The predicted octanol–water partition coefficient (Wildman–Crippen LogP) is 4.55. The van der Waals surface area contributed by atoms with Crippen molar-refractivity contribution in [2.75, 3.05) is 7.11 Å². The average Bonchev–Trinajstić information content (AvgIpc) is 2.81. The first-order valence-corrected chi connectivity index (χ1v) is 7.02. The number of ether oxygens (including phenoxy) is 1. The highest BCUT2D eigenvalue weighted by Gasteiger charge is 2.07. The summed E-state index contributed by atoms with van der Waals surface area (Å²) in [4.78, 5) is 12.8. The van der Waals surface area contributed by atoms with Gasteiger partial charge in [0.15, 0.2) is 17.3 Å². The van der Waals surface area contributed by atoms with Crippen LogP contribution in [-0.2, 0) is 0 Å². The molecule has 19 heavy (non-hydrogen) atoms. The van der Waals surface area contributed by atoms with Gasteiger partial charge in [0.25, 0.3) is 0 Å². The summed E-state index contributed by atoms with van der Waals surface area (Å²) in [6.07, 6.45) is 3.14. The van der Waals surface area contributed by atoms with Crippen LogP contribution in [0.4, 0.5) is 4.39 Å². The molecule has 98 valence electrons. The number of hydrogen-bond donors (Lipinski definition) is 0. The number of allylic oxidation sites excluding steroid dienone is 1. The highest BCUT2D eigenvalue weighted by Crippen LogP contribution is 2.23. The van der Waals surface area contributed by atoms with Crippen LogP contribution in [-0.4, -0.2) is 12.9 Å². The molecule has 2 aromatic rings. The summed E-state index contributed by atoms with van der Waals surface area (Å²) in [6.45, 7) is 0. The minimum absolute atomic E-state index is 0.128. The summed E-state index contributed by atoms with van der Waals surface area (Å²) in [5.41, 5.74) is 0.296. The molecule has 0 N–H and O–H groups in total. The van der Waals surface area contributed by atoms with Gasteiger partial charge in [-0.1, -0.05) is 0 Å². The Kier molecular flexibility index (Phi) is 4.50. The highest BCUT2D eigenvalue weighted by atomic mass is 79.9. The Hall–Kier alpha value is -1.46. The van der Waals surface area contributed by atoms with Crippen molar-refractivity contribution in [2.24, 2.45) is 0 Å². The molecular formula is C14H10BrFO2S. The molecule has 1 aromatic carbocycles. The van der Waals surface area contributed by atoms with E-state index in [-0.39, 0.29) is 11.5 Å². The predicted molar refractivity (Wildman–Crippen MR) is 78.3 cm³/mol. The fourth-order valence-corrected chi connectivity index (χ4v) is 2.82. The maximum Gasteiger partial charge on any atom is 0.185 e. The topological polar surface area (TPSA) is 26.3 Å². The monoisotopic (exact) mass is 340 g/mol. The Labute approximate surface area is 122 Å². The number of carbonyl (C=O) groups is 1. The molecule has 1 heterocycles. The Morgan fingerprint density at radius 3 is 2.74 bits per heavy atom. The van der Waals surface area contributed by atoms with Gasteiger partial charge in [-0.05, 0) is 58.4 Å². The van der Waals surface area contributed by atoms with Gasteiger partial charge in [0.1, 0.15) is 0 Å². The van der Waals surface area contributed by atoms with E-state index in [0.29, 0.717) is 5.56 Å². The van der Waals surface area contributed by atoms with Gasteiger partial charge in [0.2, 0.25) is 0 Å². The molecule has 0 atom stereocenters. The second-order valence-electron chi connectivity index (χ2n) is 3.69. The van der Waals surface area contributed by atoms with Crippen molar-refractivity contribution in [3.05, 3.63) is 56.5 Å². The summed E-state index contributed by atoms with van der Waals surface area (Å²) in [5.74, 6) is -0.658. The zero-order valence-corrected chi connectivity index (χ0v) is 12.4. The van der Waals surface area contributed by atoms with Crippen LogP contribution in [0.3, 0.4) is 0 Å². The molecular weight excluding hydrogens is 331 g/mol. The van der Waals surface area contributed by atoms with Crippen molar-refractivity contribution >= 4 is 39.1 Å². The first kappa shape index (κ1) is 14.0. The lowest BCUT2D eigenvalue weighted by Gasteiger charge is -2.02. The Morgan fingerprint density at radius 1 is 1.37 bits per heavy atom. The van der Waals surface area contributed by atoms with E-state index in [1.54, 1.807) is 12.1 Å². The van der Waals surface area contributed by atoms with Crippen molar-refractivity contribution < 1.29 is 13.9 Å². The van der Waals surface area contributed by atoms with Crippen molar-refractivity contribution in [1.82, 2.24) is 0 Å². The summed E-state index contributed by atoms with van der Waals surface area (Å²) < 4.78 is 19.3. The van der Waals surface area contributed by atoms with E-state index >= 15 is 0 Å². The molecule has 5 heteroatoms. The smallest absolute Gasteiger partial charge is 0.185 e. The van der Waals surface area contributed by atoms with Crippen LogP contribution in [0, 0.1) is 5.82 Å². The standard InChI is InChI=1S/C14H10BrFO2S/c1-18-13-6-2-9(8-11(13)16)12(17)5-3-10-4-7-14(15)19-10/h2-8H,1H3/b5-3+. The Morgan fingerprint density at radius 2 is 2.16 bits per heavy atom. The van der Waals surface area contributed by atoms with Gasteiger partial charge in [0.05, 0.1) is 10.9 Å². The summed E-state index contributed by atoms with van der Waals surface area (Å²) in [5, 5.41) is 0. The number of hydrogen-bond acceptors (Lipinski definition) is 3. The molecule has 0 aliphatic carbocycles. The van der Waals surface area contributed by atoms with Crippen molar-refractivity contribution in [1.29, 1.82) is 0 Å². The van der Waals surface area contributed by atoms with Crippen LogP contribution >= 0.6 is 27.3 Å². The number of rotatable bonds is 4. The summed E-state index contributed by atoms with van der Waals surface area (Å²) >= 11 is 4.86. The summed E-state index contributed by atoms with van der Waals surface area (Å²) in [7, 11) is 1.38. The largest absolute Gasteiger partial charge is 0.494 e. The minimum Gasteiger partial charge on any atom is -0.494 e. The number of ketones is 1. The number of benzene rings is 1. The molecule has 2 nitrogen and oxygen atoms in total. The molecule has 0 aliphatic rings. The van der Waals surface area contributed by atoms with Crippen molar-refractivity contribution in [2.45, 2.75) is 0 Å². The molecule has 0 saturated heterocycles. The number of carbonyl (C=O) groups excluding carboxylic acids is 1. The normalized spacial score (nSPS) is 10.9. The zero-order chi connectivity index (χ0) is 13.8. The highest BCUT2D eigenvalue weighted by molar-refractivity contribution is 9.11. The van der Waals surface area contributed by atoms with Crippen LogP contribution in [0.5, 0.6) is 5.75 Å². The van der Waals surface area contributed by atoms with E-state index in [1.165, 1.54) is 36.7 Å². The quantitative estimate of drug-likeness (QED) is 0.602. The van der Waals surface area contributed by atoms with Gasteiger partial charge in [-0.25, -0.2) is 4.39 Å². The van der Waals surface area contributed by atoms with Gasteiger partial charge >= 0.3 is 0 Å². The molecule has 0 spiro atoms. The lowest BCUT2D eigenvalue weighted by molar-refractivity contribution is 0.104. The van der Waals surface area contributed by atoms with Gasteiger partial charge in [-0.15, -0.1) is 11.3 Å². The van der Waals surface area contributed by atoms with Crippen LogP contribution in [0.25, 0.3) is 6.08 Å². The van der Waals surface area contributed by atoms with E-state index in [0.717, 1.165) is 8.66 Å². The van der Waals surface area contributed by atoms with Crippen LogP contribution in [0.15, 0.2) is 40.2 Å². The van der Waals surface area contributed by atoms with Gasteiger partial charge in [0, 0.05) is 10.4 Å². The molecule has 0 aliphatic heterocycles. The first-order valence-electron chi connectivity index (χ1n) is 5.41. The van der Waals surface area contributed by atoms with E-state index in [4.69, 9.17) is 4.74 Å². The average molecular weight is 341 g/mol. The molecule has 0 radical (unpaired) electrons. The molecule has 0 amide bonds.